The third-order valence-electron chi connectivity index (χ3n) is 2.86. The van der Waals surface area contributed by atoms with Gasteiger partial charge in [0.1, 0.15) is 6.04 Å². The molecule has 4 heteroatoms. The topological polar surface area (TPSA) is 29.5 Å². The van der Waals surface area contributed by atoms with Gasteiger partial charge in [0, 0.05) is 11.6 Å². The van der Waals surface area contributed by atoms with Crippen LogP contribution in [0, 0.1) is 0 Å². The monoisotopic (exact) mass is 269 g/mol. The highest BCUT2D eigenvalue weighted by atomic mass is 35.5. The van der Waals surface area contributed by atoms with Crippen LogP contribution >= 0.6 is 11.6 Å². The minimum absolute atomic E-state index is 0.172. The molecule has 0 saturated heterocycles. The Kier molecular flexibility index (Phi) is 6.16. The quantitative estimate of drug-likeness (QED) is 0.743. The fourth-order valence-corrected chi connectivity index (χ4v) is 2.10. The van der Waals surface area contributed by atoms with Crippen molar-refractivity contribution in [1.82, 2.24) is 4.90 Å². The van der Waals surface area contributed by atoms with Crippen LogP contribution in [0.5, 0.6) is 0 Å². The number of nitrogens with zero attached hydrogens (tertiary/aromatic N) is 1. The van der Waals surface area contributed by atoms with E-state index in [2.05, 4.69) is 0 Å². The summed E-state index contributed by atoms with van der Waals surface area (Å²) in [6.07, 6.45) is 0.722. The van der Waals surface area contributed by atoms with Gasteiger partial charge in [-0.1, -0.05) is 36.7 Å². The lowest BCUT2D eigenvalue weighted by molar-refractivity contribution is -0.149. The van der Waals surface area contributed by atoms with E-state index < -0.39 is 0 Å². The summed E-state index contributed by atoms with van der Waals surface area (Å²) in [4.78, 5) is 13.8. The summed E-state index contributed by atoms with van der Waals surface area (Å²) >= 11 is 6.11. The van der Waals surface area contributed by atoms with E-state index in [1.54, 1.807) is 0 Å². The molecule has 0 aliphatic carbocycles. The first-order chi connectivity index (χ1) is 8.60. The molecule has 0 saturated carbocycles. The number of carbonyl (C=O) groups excluding carboxylic acids is 1. The molecule has 0 spiro atoms. The summed E-state index contributed by atoms with van der Waals surface area (Å²) in [5.74, 6) is -0.172. The van der Waals surface area contributed by atoms with Crippen molar-refractivity contribution in [1.29, 1.82) is 0 Å². The highest BCUT2D eigenvalue weighted by Crippen LogP contribution is 2.18. The molecule has 0 amide bonds. The zero-order valence-electron chi connectivity index (χ0n) is 11.1. The van der Waals surface area contributed by atoms with Gasteiger partial charge < -0.3 is 4.74 Å². The van der Waals surface area contributed by atoms with Crippen LogP contribution in [0.4, 0.5) is 0 Å². The van der Waals surface area contributed by atoms with Crippen molar-refractivity contribution < 1.29 is 9.53 Å². The number of esters is 1. The SMILES string of the molecule is CCOC(=O)C(CC)N(C)Cc1ccccc1Cl. The second-order valence-electron chi connectivity index (χ2n) is 4.18. The van der Waals surface area contributed by atoms with Crippen molar-refractivity contribution in [2.45, 2.75) is 32.9 Å². The lowest BCUT2D eigenvalue weighted by atomic mass is 10.1. The third-order valence-corrected chi connectivity index (χ3v) is 3.22. The number of hydrogen-bond acceptors (Lipinski definition) is 3. The van der Waals surface area contributed by atoms with Crippen molar-refractivity contribution in [3.63, 3.8) is 0 Å². The smallest absolute Gasteiger partial charge is 0.323 e. The van der Waals surface area contributed by atoms with E-state index in [-0.39, 0.29) is 12.0 Å². The van der Waals surface area contributed by atoms with Gasteiger partial charge in [0.05, 0.1) is 6.61 Å². The zero-order valence-corrected chi connectivity index (χ0v) is 11.9. The Balaban J connectivity index is 2.71. The first-order valence-electron chi connectivity index (χ1n) is 6.20. The molecule has 1 atom stereocenters. The summed E-state index contributed by atoms with van der Waals surface area (Å²) in [6, 6.07) is 7.45. The van der Waals surface area contributed by atoms with Crippen LogP contribution < -0.4 is 0 Å². The predicted octanol–water partition coefficient (Wildman–Crippen LogP) is 3.11. The average Bonchev–Trinajstić information content (AvgIpc) is 2.33. The van der Waals surface area contributed by atoms with Gasteiger partial charge in [0.2, 0.25) is 0 Å². The molecule has 1 aromatic rings. The molecule has 0 aliphatic rings. The lowest BCUT2D eigenvalue weighted by Crippen LogP contribution is -2.38. The van der Waals surface area contributed by atoms with Crippen molar-refractivity contribution in [3.8, 4) is 0 Å². The van der Waals surface area contributed by atoms with Crippen LogP contribution in [0.2, 0.25) is 5.02 Å². The lowest BCUT2D eigenvalue weighted by Gasteiger charge is -2.25. The standard InChI is InChI=1S/C14H20ClNO2/c1-4-13(14(17)18-5-2)16(3)10-11-8-6-7-9-12(11)15/h6-9,13H,4-5,10H2,1-3H3. The summed E-state index contributed by atoms with van der Waals surface area (Å²) < 4.78 is 5.07. The Morgan fingerprint density at radius 3 is 2.61 bits per heavy atom. The molecule has 0 aliphatic heterocycles. The Labute approximate surface area is 114 Å². The minimum Gasteiger partial charge on any atom is -0.465 e. The van der Waals surface area contributed by atoms with E-state index >= 15 is 0 Å². The molecule has 0 bridgehead atoms. The fourth-order valence-electron chi connectivity index (χ4n) is 1.90. The number of benzene rings is 1. The van der Waals surface area contributed by atoms with E-state index in [1.807, 2.05) is 50.1 Å². The van der Waals surface area contributed by atoms with E-state index in [0.29, 0.717) is 13.2 Å². The first kappa shape index (κ1) is 15.0. The van der Waals surface area contributed by atoms with Crippen LogP contribution in [0.25, 0.3) is 0 Å². The van der Waals surface area contributed by atoms with Crippen LogP contribution in [0.15, 0.2) is 24.3 Å². The number of halogens is 1. The molecule has 0 radical (unpaired) electrons. The molecule has 18 heavy (non-hydrogen) atoms. The van der Waals surface area contributed by atoms with Gasteiger partial charge in [-0.25, -0.2) is 0 Å². The largest absolute Gasteiger partial charge is 0.465 e. The molecule has 100 valence electrons. The molecule has 0 aromatic heterocycles. The molecule has 3 nitrogen and oxygen atoms in total. The number of hydrogen-bond donors (Lipinski definition) is 0. The van der Waals surface area contributed by atoms with E-state index in [4.69, 9.17) is 16.3 Å². The maximum Gasteiger partial charge on any atom is 0.323 e. The molecule has 0 heterocycles. The summed E-state index contributed by atoms with van der Waals surface area (Å²) in [5, 5.41) is 0.725. The second-order valence-corrected chi connectivity index (χ2v) is 4.59. The molecule has 1 unspecified atom stereocenters. The molecule has 1 rings (SSSR count). The fraction of sp³-hybridized carbons (Fsp3) is 0.500. The van der Waals surface area contributed by atoms with E-state index in [1.165, 1.54) is 0 Å². The number of likely N-dealkylation sites (N-methyl/N-ethyl adjacent to an activating group) is 1. The van der Waals surface area contributed by atoms with Gasteiger partial charge in [0.15, 0.2) is 0 Å². The van der Waals surface area contributed by atoms with Crippen molar-refractivity contribution in [2.75, 3.05) is 13.7 Å². The minimum atomic E-state index is -0.221. The Morgan fingerprint density at radius 1 is 1.39 bits per heavy atom. The third kappa shape index (κ3) is 4.00. The van der Waals surface area contributed by atoms with Gasteiger partial charge in [-0.05, 0) is 32.0 Å². The predicted molar refractivity (Wildman–Crippen MR) is 73.6 cm³/mol. The highest BCUT2D eigenvalue weighted by Gasteiger charge is 2.22. The van der Waals surface area contributed by atoms with Crippen molar-refractivity contribution in [2.24, 2.45) is 0 Å². The van der Waals surface area contributed by atoms with Crippen LogP contribution in [-0.4, -0.2) is 30.6 Å². The molecule has 1 aromatic carbocycles. The number of rotatable bonds is 6. The Morgan fingerprint density at radius 2 is 2.06 bits per heavy atom. The Bertz CT molecular complexity index is 395. The van der Waals surface area contributed by atoms with Crippen LogP contribution in [0.1, 0.15) is 25.8 Å². The van der Waals surface area contributed by atoms with Crippen molar-refractivity contribution in [3.05, 3.63) is 34.9 Å². The maximum atomic E-state index is 11.8. The molecular formula is C14H20ClNO2. The number of ether oxygens (including phenoxy) is 1. The van der Waals surface area contributed by atoms with Gasteiger partial charge in [0.25, 0.3) is 0 Å². The van der Waals surface area contributed by atoms with E-state index in [0.717, 1.165) is 17.0 Å². The second kappa shape index (κ2) is 7.39. The summed E-state index contributed by atoms with van der Waals surface area (Å²) in [7, 11) is 1.91. The first-order valence-corrected chi connectivity index (χ1v) is 6.58. The average molecular weight is 270 g/mol. The highest BCUT2D eigenvalue weighted by molar-refractivity contribution is 6.31. The Hall–Kier alpha value is -1.06. The normalized spacial score (nSPS) is 12.5. The summed E-state index contributed by atoms with van der Waals surface area (Å²) in [6.45, 7) is 4.84. The zero-order chi connectivity index (χ0) is 13.5. The molecule has 0 N–H and O–H groups in total. The van der Waals surface area contributed by atoms with Gasteiger partial charge >= 0.3 is 5.97 Å². The van der Waals surface area contributed by atoms with Gasteiger partial charge in [-0.3, -0.25) is 9.69 Å². The van der Waals surface area contributed by atoms with Crippen LogP contribution in [-0.2, 0) is 16.1 Å². The van der Waals surface area contributed by atoms with Crippen molar-refractivity contribution >= 4 is 17.6 Å². The number of carbonyl (C=O) groups is 1. The maximum absolute atomic E-state index is 11.8. The van der Waals surface area contributed by atoms with Gasteiger partial charge in [-0.2, -0.15) is 0 Å². The molecular weight excluding hydrogens is 250 g/mol. The summed E-state index contributed by atoms with van der Waals surface area (Å²) in [5.41, 5.74) is 1.02. The van der Waals surface area contributed by atoms with Crippen LogP contribution in [0.3, 0.4) is 0 Å². The molecule has 0 fully saturated rings. The van der Waals surface area contributed by atoms with Gasteiger partial charge in [-0.15, -0.1) is 0 Å². The van der Waals surface area contributed by atoms with E-state index in [9.17, 15) is 4.79 Å².